The minimum absolute atomic E-state index is 0.00134. The molecule has 5 heteroatoms. The van der Waals surface area contributed by atoms with Gasteiger partial charge in [0, 0.05) is 23.5 Å². The second kappa shape index (κ2) is 4.75. The lowest BCUT2D eigenvalue weighted by atomic mass is 10.2. The van der Waals surface area contributed by atoms with Crippen LogP contribution in [0, 0.1) is 6.92 Å². The lowest BCUT2D eigenvalue weighted by Gasteiger charge is -2.12. The predicted molar refractivity (Wildman–Crippen MR) is 67.9 cm³/mol. The maximum Gasteiger partial charge on any atom is 0.0704 e. The molecule has 0 unspecified atom stereocenters. The van der Waals surface area contributed by atoms with Gasteiger partial charge in [-0.25, -0.2) is 0 Å². The molecule has 0 heterocycles. The van der Waals surface area contributed by atoms with Crippen LogP contribution in [0.25, 0.3) is 0 Å². The maximum absolute atomic E-state index is 9.14. The van der Waals surface area contributed by atoms with Crippen molar-refractivity contribution in [1.29, 1.82) is 0 Å². The Hall–Kier alpha value is 1.10. The lowest BCUT2D eigenvalue weighted by Crippen LogP contribution is -1.93. The highest BCUT2D eigenvalue weighted by Crippen LogP contribution is 2.41. The molecule has 1 nitrogen and oxygen atoms in total. The Bertz CT molecular complexity index is 319. The second-order valence-corrected chi connectivity index (χ2v) is 5.69. The first kappa shape index (κ1) is 12.2. The molecule has 0 bridgehead atoms. The van der Waals surface area contributed by atoms with E-state index in [1.54, 1.807) is 0 Å². The summed E-state index contributed by atoms with van der Waals surface area (Å²) in [4.78, 5) is 0. The summed E-state index contributed by atoms with van der Waals surface area (Å²) in [6.07, 6.45) is 0. The van der Waals surface area contributed by atoms with E-state index in [9.17, 15) is 0 Å². The van der Waals surface area contributed by atoms with Gasteiger partial charge in [-0.15, -0.1) is 0 Å². The van der Waals surface area contributed by atoms with Crippen molar-refractivity contribution < 1.29 is 5.11 Å². The van der Waals surface area contributed by atoms with Crippen molar-refractivity contribution in [2.24, 2.45) is 0 Å². The monoisotopic (exact) mass is 434 g/mol. The molecule has 0 aromatic heterocycles. The molecule has 0 fully saturated rings. The fraction of sp³-hybridized carbons (Fsp3) is 0.250. The molecule has 13 heavy (non-hydrogen) atoms. The second-order valence-electron chi connectivity index (χ2n) is 2.52. The van der Waals surface area contributed by atoms with Crippen molar-refractivity contribution in [3.05, 3.63) is 29.0 Å². The van der Waals surface area contributed by atoms with E-state index in [1.165, 1.54) is 0 Å². The highest BCUT2D eigenvalue weighted by molar-refractivity contribution is 9.14. The zero-order valence-electron chi connectivity index (χ0n) is 6.67. The molecule has 1 aromatic carbocycles. The van der Waals surface area contributed by atoms with Gasteiger partial charge in [0.05, 0.1) is 6.61 Å². The van der Waals surface area contributed by atoms with E-state index in [4.69, 9.17) is 5.11 Å². The number of hydrogen-bond donors (Lipinski definition) is 1. The van der Waals surface area contributed by atoms with Crippen LogP contribution in [0.4, 0.5) is 0 Å². The number of aliphatic hydroxyl groups is 1. The molecular formula is C8H6Br4O. The van der Waals surface area contributed by atoms with E-state index in [2.05, 4.69) is 63.7 Å². The summed E-state index contributed by atoms with van der Waals surface area (Å²) in [5, 5.41) is 9.14. The maximum atomic E-state index is 9.14. The normalized spacial score (nSPS) is 10.6. The third kappa shape index (κ3) is 2.20. The van der Waals surface area contributed by atoms with Crippen LogP contribution < -0.4 is 0 Å². The van der Waals surface area contributed by atoms with Crippen LogP contribution in [0.3, 0.4) is 0 Å². The van der Waals surface area contributed by atoms with Crippen molar-refractivity contribution >= 4 is 63.7 Å². The fourth-order valence-electron chi connectivity index (χ4n) is 0.926. The van der Waals surface area contributed by atoms with Crippen LogP contribution in [0.15, 0.2) is 17.9 Å². The quantitative estimate of drug-likeness (QED) is 0.640. The summed E-state index contributed by atoms with van der Waals surface area (Å²) in [7, 11) is 0. The van der Waals surface area contributed by atoms with E-state index in [-0.39, 0.29) is 6.61 Å². The van der Waals surface area contributed by atoms with E-state index in [1.807, 2.05) is 6.92 Å². The molecule has 0 amide bonds. The van der Waals surface area contributed by atoms with Crippen LogP contribution in [0.2, 0.25) is 0 Å². The molecule has 0 aliphatic heterocycles. The van der Waals surface area contributed by atoms with E-state index in [0.29, 0.717) is 0 Å². The van der Waals surface area contributed by atoms with Gasteiger partial charge in [0.25, 0.3) is 0 Å². The van der Waals surface area contributed by atoms with Gasteiger partial charge in [0.2, 0.25) is 0 Å². The SMILES string of the molecule is Cc1c(Br)c(Br)c(CO)c(Br)c1Br. The van der Waals surface area contributed by atoms with Gasteiger partial charge in [0.1, 0.15) is 0 Å². The average molecular weight is 438 g/mol. The molecule has 0 saturated carbocycles. The molecule has 1 aromatic rings. The van der Waals surface area contributed by atoms with E-state index >= 15 is 0 Å². The number of hydrogen-bond acceptors (Lipinski definition) is 1. The van der Waals surface area contributed by atoms with Gasteiger partial charge >= 0.3 is 0 Å². The Morgan fingerprint density at radius 2 is 1.31 bits per heavy atom. The summed E-state index contributed by atoms with van der Waals surface area (Å²) in [6.45, 7) is 1.99. The number of halogens is 4. The molecule has 0 atom stereocenters. The number of aliphatic hydroxyl groups excluding tert-OH is 1. The van der Waals surface area contributed by atoms with Gasteiger partial charge < -0.3 is 5.11 Å². The summed E-state index contributed by atoms with van der Waals surface area (Å²) in [5.41, 5.74) is 1.93. The van der Waals surface area contributed by atoms with Gasteiger partial charge in [-0.1, -0.05) is 0 Å². The highest BCUT2D eigenvalue weighted by Gasteiger charge is 2.15. The Morgan fingerprint density at radius 1 is 0.923 bits per heavy atom. The molecule has 0 saturated heterocycles. The summed E-state index contributed by atoms with van der Waals surface area (Å²) in [5.74, 6) is 0. The van der Waals surface area contributed by atoms with E-state index < -0.39 is 0 Å². The first-order chi connectivity index (χ1) is 6.00. The largest absolute Gasteiger partial charge is 0.392 e. The van der Waals surface area contributed by atoms with Crippen molar-refractivity contribution in [2.45, 2.75) is 13.5 Å². The standard InChI is InChI=1S/C8H6Br4O/c1-3-5(9)7(11)4(2-13)8(12)6(3)10/h13H,2H2,1H3. The minimum Gasteiger partial charge on any atom is -0.392 e. The summed E-state index contributed by atoms with van der Waals surface area (Å²) >= 11 is 13.7. The Kier molecular flexibility index (Phi) is 4.44. The summed E-state index contributed by atoms with van der Waals surface area (Å²) in [6, 6.07) is 0. The van der Waals surface area contributed by atoms with E-state index in [0.717, 1.165) is 29.0 Å². The average Bonchev–Trinajstić information content (AvgIpc) is 2.13. The Balaban J connectivity index is 3.56. The fourth-order valence-corrected chi connectivity index (χ4v) is 3.57. The lowest BCUT2D eigenvalue weighted by molar-refractivity contribution is 0.280. The first-order valence-corrected chi connectivity index (χ1v) is 6.60. The third-order valence-electron chi connectivity index (χ3n) is 1.73. The smallest absolute Gasteiger partial charge is 0.0704 e. The molecule has 0 radical (unpaired) electrons. The molecule has 0 aliphatic carbocycles. The molecule has 72 valence electrons. The van der Waals surface area contributed by atoms with Gasteiger partial charge in [-0.05, 0) is 76.2 Å². The molecule has 1 N–H and O–H groups in total. The molecule has 0 spiro atoms. The molecular weight excluding hydrogens is 432 g/mol. The van der Waals surface area contributed by atoms with Crippen LogP contribution in [0.1, 0.15) is 11.1 Å². The van der Waals surface area contributed by atoms with Gasteiger partial charge in [0.15, 0.2) is 0 Å². The van der Waals surface area contributed by atoms with Crippen LogP contribution in [0.5, 0.6) is 0 Å². The highest BCUT2D eigenvalue weighted by atomic mass is 79.9. The van der Waals surface area contributed by atoms with Crippen molar-refractivity contribution in [3.63, 3.8) is 0 Å². The van der Waals surface area contributed by atoms with Gasteiger partial charge in [-0.2, -0.15) is 0 Å². The first-order valence-electron chi connectivity index (χ1n) is 3.43. The molecule has 1 rings (SSSR count). The third-order valence-corrected chi connectivity index (χ3v) is 6.53. The molecule has 0 aliphatic rings. The zero-order chi connectivity index (χ0) is 10.2. The van der Waals surface area contributed by atoms with Gasteiger partial charge in [-0.3, -0.25) is 0 Å². The number of benzene rings is 1. The van der Waals surface area contributed by atoms with Crippen LogP contribution in [-0.4, -0.2) is 5.11 Å². The zero-order valence-corrected chi connectivity index (χ0v) is 13.0. The van der Waals surface area contributed by atoms with Crippen LogP contribution >= 0.6 is 63.7 Å². The topological polar surface area (TPSA) is 20.2 Å². The van der Waals surface area contributed by atoms with Crippen molar-refractivity contribution in [1.82, 2.24) is 0 Å². The minimum atomic E-state index is -0.00134. The predicted octanol–water partition coefficient (Wildman–Crippen LogP) is 4.54. The van der Waals surface area contributed by atoms with Crippen molar-refractivity contribution in [2.75, 3.05) is 0 Å². The Labute approximate surface area is 110 Å². The van der Waals surface area contributed by atoms with Crippen molar-refractivity contribution in [3.8, 4) is 0 Å². The number of rotatable bonds is 1. The summed E-state index contributed by atoms with van der Waals surface area (Å²) < 4.78 is 3.71. The van der Waals surface area contributed by atoms with Crippen LogP contribution in [-0.2, 0) is 6.61 Å². The Morgan fingerprint density at radius 3 is 1.62 bits per heavy atom.